The number of carbonyl (C=O) groups excluding carboxylic acids is 3. The summed E-state index contributed by atoms with van der Waals surface area (Å²) in [5, 5.41) is 10.3. The van der Waals surface area contributed by atoms with Crippen LogP contribution in [0.4, 0.5) is 0 Å². The quantitative estimate of drug-likeness (QED) is 0.0562. The normalized spacial score (nSPS) is 17.9. The third-order valence-corrected chi connectivity index (χ3v) is 36.5. The highest BCUT2D eigenvalue weighted by Gasteiger charge is 2.49. The summed E-state index contributed by atoms with van der Waals surface area (Å²) in [5.41, 5.74) is -1.09. The van der Waals surface area contributed by atoms with Crippen LogP contribution in [0.5, 0.6) is 0 Å². The van der Waals surface area contributed by atoms with E-state index in [4.69, 9.17) is 27.2 Å². The fourth-order valence-corrected chi connectivity index (χ4v) is 16.3. The van der Waals surface area contributed by atoms with Crippen molar-refractivity contribution in [2.24, 2.45) is 11.8 Å². The second kappa shape index (κ2) is 26.8. The Morgan fingerprint density at radius 1 is 0.458 bits per heavy atom. The summed E-state index contributed by atoms with van der Waals surface area (Å²) in [6.07, 6.45) is 0.441. The standard InChI is InChI=1S/C28H60O5SSi2.C28H58O5SSi2/c2*1-20(19-29)24(33-36(16,17)27(9,10)11)21(2)34-28(12,13)22(18-23(30)31-25(3,4)5)32-35(14,15)26(6,7)8/h20-22,24,29H,18-19H2,1-17H3;19-22,24H,18H2,1-17H3/t2*20-,21+,22?,24-/m00/s1. The van der Waals surface area contributed by atoms with Crippen LogP contribution in [-0.2, 0) is 41.6 Å². The smallest absolute Gasteiger partial charge is 0.308 e. The maximum Gasteiger partial charge on any atom is 0.308 e. The van der Waals surface area contributed by atoms with Gasteiger partial charge in [0.2, 0.25) is 0 Å². The van der Waals surface area contributed by atoms with E-state index < -0.39 is 49.2 Å². The summed E-state index contributed by atoms with van der Waals surface area (Å²) in [5.74, 6) is -0.709. The molecule has 0 aliphatic carbocycles. The van der Waals surface area contributed by atoms with Crippen molar-refractivity contribution in [1.82, 2.24) is 0 Å². The summed E-state index contributed by atoms with van der Waals surface area (Å²) in [6.45, 7) is 72.9. The SMILES string of the molecule is C[C@@H](C=O)[C@H](O[Si](C)(C)C(C)(C)C)[C@@H](C)SC(C)(C)C(CC(=O)OC(C)(C)C)O[Si](C)(C)C(C)(C)C.C[C@@H](CO)[C@H](O[Si](C)(C)C(C)(C)C)[C@@H](C)SC(C)(C)C(CC(=O)OC(C)(C)C)O[Si](C)(C)C(C)(C)C. The third kappa shape index (κ3) is 24.8. The van der Waals surface area contributed by atoms with Gasteiger partial charge in [0.05, 0.1) is 37.3 Å². The summed E-state index contributed by atoms with van der Waals surface area (Å²) in [4.78, 5) is 37.8. The number of aliphatic hydroxyl groups is 1. The molecule has 0 amide bonds. The Morgan fingerprint density at radius 2 is 0.708 bits per heavy atom. The molecule has 0 aromatic rings. The van der Waals surface area contributed by atoms with Crippen molar-refractivity contribution in [3.05, 3.63) is 0 Å². The molecule has 2 unspecified atom stereocenters. The molecule has 72 heavy (non-hydrogen) atoms. The van der Waals surface area contributed by atoms with Gasteiger partial charge in [-0.05, 0) is 142 Å². The number of ether oxygens (including phenoxy) is 2. The largest absolute Gasteiger partial charge is 0.460 e. The van der Waals surface area contributed by atoms with Crippen LogP contribution in [0.3, 0.4) is 0 Å². The highest BCUT2D eigenvalue weighted by molar-refractivity contribution is 8.01. The molecule has 16 heteroatoms. The van der Waals surface area contributed by atoms with Crippen molar-refractivity contribution in [3.8, 4) is 0 Å². The van der Waals surface area contributed by atoms with Gasteiger partial charge in [0.1, 0.15) is 17.5 Å². The zero-order valence-corrected chi connectivity index (χ0v) is 58.9. The number of carbonyl (C=O) groups is 3. The van der Waals surface area contributed by atoms with Gasteiger partial charge in [-0.3, -0.25) is 9.59 Å². The first-order chi connectivity index (χ1) is 31.3. The molecule has 0 bridgehead atoms. The molecule has 0 heterocycles. The number of hydrogen-bond donors (Lipinski definition) is 1. The first kappa shape index (κ1) is 74.0. The first-order valence-electron chi connectivity index (χ1n) is 26.9. The lowest BCUT2D eigenvalue weighted by Gasteiger charge is -2.47. The van der Waals surface area contributed by atoms with Gasteiger partial charge in [-0.15, -0.1) is 23.5 Å². The van der Waals surface area contributed by atoms with Crippen molar-refractivity contribution < 1.29 is 46.7 Å². The molecule has 0 spiro atoms. The van der Waals surface area contributed by atoms with Crippen LogP contribution in [0, 0.1) is 11.8 Å². The molecule has 0 saturated carbocycles. The zero-order valence-electron chi connectivity index (χ0n) is 53.3. The predicted molar refractivity (Wildman–Crippen MR) is 323 cm³/mol. The Hall–Kier alpha value is -0.0225. The van der Waals surface area contributed by atoms with Crippen molar-refractivity contribution in [3.63, 3.8) is 0 Å². The van der Waals surface area contributed by atoms with Crippen LogP contribution in [0.2, 0.25) is 72.5 Å². The van der Waals surface area contributed by atoms with Crippen molar-refractivity contribution in [2.45, 2.75) is 321 Å². The summed E-state index contributed by atoms with van der Waals surface area (Å²) >= 11 is 3.55. The number of esters is 2. The average molecular weight is 1130 g/mol. The van der Waals surface area contributed by atoms with E-state index in [0.29, 0.717) is 0 Å². The van der Waals surface area contributed by atoms with Gasteiger partial charge >= 0.3 is 11.9 Å². The van der Waals surface area contributed by atoms with Crippen molar-refractivity contribution in [2.75, 3.05) is 6.61 Å². The van der Waals surface area contributed by atoms with E-state index in [1.165, 1.54) is 0 Å². The minimum atomic E-state index is -2.17. The van der Waals surface area contributed by atoms with E-state index in [1.54, 1.807) is 23.5 Å². The molecule has 430 valence electrons. The van der Waals surface area contributed by atoms with Crippen LogP contribution in [0.25, 0.3) is 0 Å². The Morgan fingerprint density at radius 3 is 0.944 bits per heavy atom. The van der Waals surface area contributed by atoms with E-state index in [1.807, 2.05) is 48.5 Å². The van der Waals surface area contributed by atoms with Crippen LogP contribution in [-0.4, -0.2) is 119 Å². The Labute approximate surface area is 458 Å². The second-order valence-corrected chi connectivity index (χ2v) is 53.1. The van der Waals surface area contributed by atoms with Gasteiger partial charge in [0.25, 0.3) is 0 Å². The highest BCUT2D eigenvalue weighted by Crippen LogP contribution is 2.48. The molecular weight excluding hydrogens is 1010 g/mol. The minimum Gasteiger partial charge on any atom is -0.460 e. The highest BCUT2D eigenvalue weighted by atomic mass is 32.2. The minimum absolute atomic E-state index is 0.00282. The van der Waals surface area contributed by atoms with Crippen LogP contribution in [0.1, 0.15) is 193 Å². The molecule has 0 fully saturated rings. The molecule has 0 aromatic carbocycles. The van der Waals surface area contributed by atoms with Gasteiger partial charge in [0.15, 0.2) is 33.3 Å². The van der Waals surface area contributed by atoms with Crippen molar-refractivity contribution in [1.29, 1.82) is 0 Å². The Balaban J connectivity index is 0. The van der Waals surface area contributed by atoms with E-state index in [-0.39, 0.29) is 103 Å². The molecule has 0 aliphatic rings. The molecule has 0 saturated heterocycles. The average Bonchev–Trinajstić information content (AvgIpc) is 3.11. The summed E-state index contributed by atoms with van der Waals surface area (Å²) in [7, 11) is -8.48. The molecular formula is C56H118O10S2Si4. The van der Waals surface area contributed by atoms with E-state index in [2.05, 4.69) is 184 Å². The van der Waals surface area contributed by atoms with E-state index >= 15 is 0 Å². The lowest BCUT2D eigenvalue weighted by Crippen LogP contribution is -2.52. The Kier molecular flexibility index (Phi) is 27.5. The van der Waals surface area contributed by atoms with E-state index in [0.717, 1.165) is 6.29 Å². The molecule has 1 N–H and O–H groups in total. The van der Waals surface area contributed by atoms with Gasteiger partial charge in [-0.25, -0.2) is 0 Å². The van der Waals surface area contributed by atoms with Crippen LogP contribution in [0.15, 0.2) is 0 Å². The molecule has 0 aliphatic heterocycles. The molecule has 0 aromatic heterocycles. The topological polar surface area (TPSA) is 127 Å². The second-order valence-electron chi connectivity index (χ2n) is 30.0. The number of aldehydes is 1. The maximum absolute atomic E-state index is 13.0. The van der Waals surface area contributed by atoms with Gasteiger partial charge in [0, 0.05) is 38.4 Å². The number of aliphatic hydroxyl groups excluding tert-OH is 1. The van der Waals surface area contributed by atoms with Crippen LogP contribution >= 0.6 is 23.5 Å². The predicted octanol–water partition coefficient (Wildman–Crippen LogP) is 16.3. The van der Waals surface area contributed by atoms with E-state index in [9.17, 15) is 19.5 Å². The molecule has 0 radical (unpaired) electrons. The summed E-state index contributed by atoms with van der Waals surface area (Å²) in [6, 6.07) is 0. The maximum atomic E-state index is 13.0. The fourth-order valence-electron chi connectivity index (χ4n) is 6.76. The number of hydrogen-bond acceptors (Lipinski definition) is 12. The first-order valence-corrected chi connectivity index (χ1v) is 40.3. The number of rotatable bonds is 24. The Bertz CT molecular complexity index is 1680. The lowest BCUT2D eigenvalue weighted by atomic mass is 10.0. The molecule has 0 rings (SSSR count). The van der Waals surface area contributed by atoms with Crippen molar-refractivity contribution >= 4 is 75.0 Å². The fraction of sp³-hybridized carbons (Fsp3) is 0.946. The summed E-state index contributed by atoms with van der Waals surface area (Å²) < 4.78 is 38.1. The molecule has 8 atom stereocenters. The van der Waals surface area contributed by atoms with Gasteiger partial charge in [-0.1, -0.05) is 111 Å². The monoisotopic (exact) mass is 1130 g/mol. The number of thioether (sulfide) groups is 2. The van der Waals surface area contributed by atoms with Crippen LogP contribution < -0.4 is 0 Å². The molecule has 10 nitrogen and oxygen atoms in total. The zero-order chi connectivity index (χ0) is 58.3. The lowest BCUT2D eigenvalue weighted by molar-refractivity contribution is -0.158. The van der Waals surface area contributed by atoms with Gasteiger partial charge in [-0.2, -0.15) is 0 Å². The third-order valence-electron chi connectivity index (χ3n) is 15.5. The van der Waals surface area contributed by atoms with Gasteiger partial charge < -0.3 is 37.1 Å².